The van der Waals surface area contributed by atoms with Gasteiger partial charge in [-0.05, 0) is 30.4 Å². The van der Waals surface area contributed by atoms with Gasteiger partial charge >= 0.3 is 0 Å². The number of aromatic nitrogens is 2. The lowest BCUT2D eigenvalue weighted by Gasteiger charge is -2.15. The molecule has 1 aliphatic carbocycles. The van der Waals surface area contributed by atoms with Gasteiger partial charge in [-0.3, -0.25) is 0 Å². The van der Waals surface area contributed by atoms with E-state index in [-0.39, 0.29) is 0 Å². The first kappa shape index (κ1) is 11.3. The quantitative estimate of drug-likeness (QED) is 0.874. The number of benzene rings is 1. The van der Waals surface area contributed by atoms with E-state index in [4.69, 9.17) is 0 Å². The third-order valence-electron chi connectivity index (χ3n) is 3.44. The van der Waals surface area contributed by atoms with Crippen LogP contribution in [0.3, 0.4) is 0 Å². The molecule has 0 aliphatic heterocycles. The summed E-state index contributed by atoms with van der Waals surface area (Å²) in [5, 5.41) is 3.48. The molecule has 0 unspecified atom stereocenters. The van der Waals surface area contributed by atoms with Crippen LogP contribution >= 0.6 is 0 Å². The predicted octanol–water partition coefficient (Wildman–Crippen LogP) is 4.09. The number of para-hydroxylation sites is 1. The molecule has 0 radical (unpaired) electrons. The zero-order valence-electron chi connectivity index (χ0n) is 10.9. The van der Waals surface area contributed by atoms with E-state index in [1.807, 2.05) is 6.20 Å². The maximum Gasteiger partial charge on any atom is 0.207 e. The smallest absolute Gasteiger partial charge is 0.207 e. The van der Waals surface area contributed by atoms with Crippen LogP contribution in [0, 0.1) is 0 Å². The third-order valence-corrected chi connectivity index (χ3v) is 3.44. The minimum atomic E-state index is 0.512. The third kappa shape index (κ3) is 2.13. The summed E-state index contributed by atoms with van der Waals surface area (Å²) in [4.78, 5) is 4.43. The number of rotatable bonds is 4. The van der Waals surface area contributed by atoms with Crippen LogP contribution in [0.5, 0.6) is 0 Å². The second kappa shape index (κ2) is 4.48. The Morgan fingerprint density at radius 1 is 1.28 bits per heavy atom. The molecule has 3 heteroatoms. The van der Waals surface area contributed by atoms with Crippen molar-refractivity contribution in [2.45, 2.75) is 38.6 Å². The molecule has 1 aliphatic rings. The van der Waals surface area contributed by atoms with Crippen molar-refractivity contribution < 1.29 is 0 Å². The minimum Gasteiger partial charge on any atom is -0.325 e. The van der Waals surface area contributed by atoms with Crippen molar-refractivity contribution in [3.8, 4) is 0 Å². The predicted molar refractivity (Wildman–Crippen MR) is 74.3 cm³/mol. The molecule has 1 fully saturated rings. The highest BCUT2D eigenvalue weighted by atomic mass is 15.2. The Morgan fingerprint density at radius 2 is 2.06 bits per heavy atom. The van der Waals surface area contributed by atoms with Crippen molar-refractivity contribution in [1.29, 1.82) is 0 Å². The van der Waals surface area contributed by atoms with Gasteiger partial charge in [-0.2, -0.15) is 0 Å². The average Bonchev–Trinajstić information content (AvgIpc) is 3.11. The summed E-state index contributed by atoms with van der Waals surface area (Å²) in [6.07, 6.45) is 6.49. The van der Waals surface area contributed by atoms with E-state index in [1.54, 1.807) is 0 Å². The number of nitrogens with zero attached hydrogens (tertiary/aromatic N) is 2. The number of hydrogen-bond acceptors (Lipinski definition) is 2. The second-order valence-electron chi connectivity index (χ2n) is 5.26. The molecular formula is C15H19N3. The molecule has 18 heavy (non-hydrogen) atoms. The van der Waals surface area contributed by atoms with Crippen molar-refractivity contribution in [1.82, 2.24) is 9.55 Å². The van der Waals surface area contributed by atoms with E-state index in [2.05, 4.69) is 59.2 Å². The first-order valence-electron chi connectivity index (χ1n) is 6.64. The van der Waals surface area contributed by atoms with E-state index in [0.29, 0.717) is 12.0 Å². The fourth-order valence-electron chi connectivity index (χ4n) is 2.29. The molecule has 0 amide bonds. The molecule has 94 valence electrons. The standard InChI is InChI=1S/C15H19N3/c1-11(2)13-5-3-4-6-14(13)17-15-16-9-10-18(15)12-7-8-12/h3-6,9-12H,7-8H2,1-2H3,(H,16,17). The zero-order chi connectivity index (χ0) is 12.5. The highest BCUT2D eigenvalue weighted by molar-refractivity contribution is 5.59. The van der Waals surface area contributed by atoms with Gasteiger partial charge in [0.25, 0.3) is 0 Å². The van der Waals surface area contributed by atoms with Gasteiger partial charge in [-0.25, -0.2) is 4.98 Å². The summed E-state index contributed by atoms with van der Waals surface area (Å²) >= 11 is 0. The van der Waals surface area contributed by atoms with Crippen molar-refractivity contribution >= 4 is 11.6 Å². The van der Waals surface area contributed by atoms with Gasteiger partial charge in [-0.15, -0.1) is 0 Å². The van der Waals surface area contributed by atoms with Gasteiger partial charge in [0.15, 0.2) is 0 Å². The SMILES string of the molecule is CC(C)c1ccccc1Nc1nccn1C1CC1. The number of anilines is 2. The van der Waals surface area contributed by atoms with Crippen molar-refractivity contribution in [3.05, 3.63) is 42.2 Å². The monoisotopic (exact) mass is 241 g/mol. The molecule has 3 rings (SSSR count). The van der Waals surface area contributed by atoms with E-state index in [0.717, 1.165) is 5.95 Å². The Kier molecular flexibility index (Phi) is 2.82. The lowest BCUT2D eigenvalue weighted by molar-refractivity contribution is 0.750. The second-order valence-corrected chi connectivity index (χ2v) is 5.26. The fourth-order valence-corrected chi connectivity index (χ4v) is 2.29. The number of imidazole rings is 1. The topological polar surface area (TPSA) is 29.9 Å². The van der Waals surface area contributed by atoms with Crippen LogP contribution in [-0.2, 0) is 0 Å². The number of nitrogens with one attached hydrogen (secondary N) is 1. The summed E-state index contributed by atoms with van der Waals surface area (Å²) in [6, 6.07) is 9.12. The Hall–Kier alpha value is -1.77. The van der Waals surface area contributed by atoms with Crippen LogP contribution in [-0.4, -0.2) is 9.55 Å². The first-order valence-corrected chi connectivity index (χ1v) is 6.64. The number of hydrogen-bond donors (Lipinski definition) is 1. The highest BCUT2D eigenvalue weighted by Gasteiger charge is 2.25. The normalized spacial score (nSPS) is 15.1. The Bertz CT molecular complexity index is 538. The van der Waals surface area contributed by atoms with Gasteiger partial charge in [0.2, 0.25) is 5.95 Å². The van der Waals surface area contributed by atoms with Crippen molar-refractivity contribution in [2.75, 3.05) is 5.32 Å². The Balaban J connectivity index is 1.89. The molecule has 3 nitrogen and oxygen atoms in total. The molecule has 1 saturated carbocycles. The molecule has 1 aromatic carbocycles. The summed E-state index contributed by atoms with van der Waals surface area (Å²) in [5.41, 5.74) is 2.50. The van der Waals surface area contributed by atoms with Crippen LogP contribution in [0.2, 0.25) is 0 Å². The fraction of sp³-hybridized carbons (Fsp3) is 0.400. The molecule has 1 heterocycles. The van der Waals surface area contributed by atoms with Gasteiger partial charge in [0, 0.05) is 24.1 Å². The summed E-state index contributed by atoms with van der Waals surface area (Å²) in [5.74, 6) is 1.48. The average molecular weight is 241 g/mol. The van der Waals surface area contributed by atoms with Crippen LogP contribution in [0.1, 0.15) is 44.2 Å². The molecule has 2 aromatic rings. The molecule has 0 bridgehead atoms. The van der Waals surface area contributed by atoms with Gasteiger partial charge < -0.3 is 9.88 Å². The maximum absolute atomic E-state index is 4.43. The van der Waals surface area contributed by atoms with Crippen molar-refractivity contribution in [3.63, 3.8) is 0 Å². The van der Waals surface area contributed by atoms with Crippen LogP contribution in [0.25, 0.3) is 0 Å². The lowest BCUT2D eigenvalue weighted by Crippen LogP contribution is -2.04. The van der Waals surface area contributed by atoms with Gasteiger partial charge in [-0.1, -0.05) is 32.0 Å². The molecule has 1 N–H and O–H groups in total. The Labute approximate surface area is 108 Å². The first-order chi connectivity index (χ1) is 8.75. The van der Waals surface area contributed by atoms with Gasteiger partial charge in [0.1, 0.15) is 0 Å². The van der Waals surface area contributed by atoms with E-state index < -0.39 is 0 Å². The lowest BCUT2D eigenvalue weighted by atomic mass is 10.0. The van der Waals surface area contributed by atoms with E-state index in [9.17, 15) is 0 Å². The molecule has 0 saturated heterocycles. The van der Waals surface area contributed by atoms with Crippen molar-refractivity contribution in [2.24, 2.45) is 0 Å². The van der Waals surface area contributed by atoms with Gasteiger partial charge in [0.05, 0.1) is 0 Å². The van der Waals surface area contributed by atoms with Crippen LogP contribution in [0.15, 0.2) is 36.7 Å². The minimum absolute atomic E-state index is 0.512. The maximum atomic E-state index is 4.43. The van der Waals surface area contributed by atoms with E-state index >= 15 is 0 Å². The molecule has 0 spiro atoms. The Morgan fingerprint density at radius 3 is 2.78 bits per heavy atom. The molecule has 0 atom stereocenters. The van der Waals surface area contributed by atoms with Crippen LogP contribution in [0.4, 0.5) is 11.6 Å². The summed E-state index contributed by atoms with van der Waals surface area (Å²) < 4.78 is 2.25. The highest BCUT2D eigenvalue weighted by Crippen LogP contribution is 2.37. The summed E-state index contributed by atoms with van der Waals surface area (Å²) in [7, 11) is 0. The summed E-state index contributed by atoms with van der Waals surface area (Å²) in [6.45, 7) is 4.43. The largest absolute Gasteiger partial charge is 0.325 e. The molecule has 1 aromatic heterocycles. The van der Waals surface area contributed by atoms with E-state index in [1.165, 1.54) is 24.1 Å². The zero-order valence-corrected chi connectivity index (χ0v) is 10.9. The molecular weight excluding hydrogens is 222 g/mol. The van der Waals surface area contributed by atoms with Crippen LogP contribution < -0.4 is 5.32 Å².